The summed E-state index contributed by atoms with van der Waals surface area (Å²) < 4.78 is 14.2. The van der Waals surface area contributed by atoms with Crippen LogP contribution in [0.5, 0.6) is 11.5 Å². The van der Waals surface area contributed by atoms with Crippen molar-refractivity contribution in [2.75, 3.05) is 6.61 Å². The van der Waals surface area contributed by atoms with E-state index < -0.39 is 12.1 Å². The third-order valence-corrected chi connectivity index (χ3v) is 7.02. The Morgan fingerprint density at radius 2 is 2.00 bits per heavy atom. The van der Waals surface area contributed by atoms with Gasteiger partial charge in [0.2, 0.25) is 0 Å². The number of carbonyl (C=O) groups is 1. The molecule has 1 heterocycles. The molecule has 0 saturated carbocycles. The van der Waals surface area contributed by atoms with E-state index in [1.807, 2.05) is 6.07 Å². The fourth-order valence-corrected chi connectivity index (χ4v) is 4.09. The third kappa shape index (κ3) is 5.05. The van der Waals surface area contributed by atoms with E-state index in [2.05, 4.69) is 57.9 Å². The normalized spacial score (nSPS) is 12.3. The average Bonchev–Trinajstić information content (AvgIpc) is 2.74. The van der Waals surface area contributed by atoms with E-state index in [9.17, 15) is 14.7 Å². The Labute approximate surface area is 208 Å². The van der Waals surface area contributed by atoms with Crippen LogP contribution in [0.25, 0.3) is 10.9 Å². The van der Waals surface area contributed by atoms with E-state index in [4.69, 9.17) is 9.47 Å². The zero-order valence-electron chi connectivity index (χ0n) is 17.2. The van der Waals surface area contributed by atoms with E-state index in [0.29, 0.717) is 43.6 Å². The minimum absolute atomic E-state index is 0.247. The SMILES string of the molecule is CCOc1cc(C=Nn2c(C)nc3ccc(Br)cc3c2=O)c(Br)c(Br)c1O[C@H](C)C(=O)O. The summed E-state index contributed by atoms with van der Waals surface area (Å²) in [5, 5.41) is 13.9. The molecule has 0 fully saturated rings. The number of halogens is 3. The van der Waals surface area contributed by atoms with Crippen LogP contribution in [0.3, 0.4) is 0 Å². The van der Waals surface area contributed by atoms with Crippen LogP contribution in [0, 0.1) is 6.92 Å². The predicted octanol–water partition coefficient (Wildman–Crippen LogP) is 5.13. The van der Waals surface area contributed by atoms with Crippen molar-refractivity contribution in [2.24, 2.45) is 5.10 Å². The molecule has 168 valence electrons. The number of hydrogen-bond donors (Lipinski definition) is 1. The first kappa shape index (κ1) is 24.4. The summed E-state index contributed by atoms with van der Waals surface area (Å²) in [6.07, 6.45) is 0.405. The molecule has 0 amide bonds. The lowest BCUT2D eigenvalue weighted by molar-refractivity contribution is -0.144. The van der Waals surface area contributed by atoms with Crippen LogP contribution in [-0.4, -0.2) is 39.7 Å². The van der Waals surface area contributed by atoms with Gasteiger partial charge in [-0.2, -0.15) is 9.78 Å². The fraction of sp³-hybridized carbons (Fsp3) is 0.238. The zero-order chi connectivity index (χ0) is 23.6. The second kappa shape index (κ2) is 10.1. The Hall–Kier alpha value is -2.24. The molecule has 32 heavy (non-hydrogen) atoms. The van der Waals surface area contributed by atoms with Gasteiger partial charge in [-0.15, -0.1) is 0 Å². The molecule has 0 bridgehead atoms. The summed E-state index contributed by atoms with van der Waals surface area (Å²) in [4.78, 5) is 28.6. The minimum atomic E-state index is -1.11. The summed E-state index contributed by atoms with van der Waals surface area (Å²) in [7, 11) is 0. The first-order valence-corrected chi connectivity index (χ1v) is 11.8. The lowest BCUT2D eigenvalue weighted by Gasteiger charge is -2.18. The minimum Gasteiger partial charge on any atom is -0.490 e. The number of carboxylic acid groups (broad SMARTS) is 1. The molecule has 1 aromatic heterocycles. The summed E-state index contributed by atoms with van der Waals surface area (Å²) >= 11 is 10.3. The molecule has 0 aliphatic carbocycles. The molecule has 0 radical (unpaired) electrons. The number of carboxylic acids is 1. The summed E-state index contributed by atoms with van der Waals surface area (Å²) in [5.74, 6) is -0.0963. The second-order valence-electron chi connectivity index (χ2n) is 6.63. The summed E-state index contributed by atoms with van der Waals surface area (Å²) in [5.41, 5.74) is 0.857. The monoisotopic (exact) mass is 629 g/mol. The molecule has 0 aliphatic heterocycles. The van der Waals surface area contributed by atoms with Crippen LogP contribution in [0.15, 0.2) is 47.6 Å². The highest BCUT2D eigenvalue weighted by Gasteiger charge is 2.22. The van der Waals surface area contributed by atoms with Crippen molar-refractivity contribution in [3.05, 3.63) is 59.4 Å². The maximum atomic E-state index is 13.0. The molecule has 1 N–H and O–H groups in total. The quantitative estimate of drug-likeness (QED) is 0.363. The molecular weight excluding hydrogens is 614 g/mol. The number of rotatable bonds is 7. The standard InChI is InChI=1S/C21H18Br3N3O5/c1-4-31-16-7-12(17(23)18(24)19(16)32-10(2)21(29)30)9-25-27-11(3)26-15-6-5-13(22)8-14(15)20(27)28/h5-10H,4H2,1-3H3,(H,29,30)/t10-/m1/s1. The van der Waals surface area contributed by atoms with Gasteiger partial charge in [0.25, 0.3) is 5.56 Å². The highest BCUT2D eigenvalue weighted by atomic mass is 79.9. The van der Waals surface area contributed by atoms with Crippen LogP contribution in [0.4, 0.5) is 0 Å². The van der Waals surface area contributed by atoms with Gasteiger partial charge < -0.3 is 14.6 Å². The van der Waals surface area contributed by atoms with E-state index in [0.717, 1.165) is 4.47 Å². The maximum Gasteiger partial charge on any atom is 0.344 e. The fourth-order valence-electron chi connectivity index (χ4n) is 2.81. The van der Waals surface area contributed by atoms with Crippen molar-refractivity contribution in [2.45, 2.75) is 26.9 Å². The third-order valence-electron chi connectivity index (χ3n) is 4.38. The van der Waals surface area contributed by atoms with Gasteiger partial charge in [-0.3, -0.25) is 4.79 Å². The van der Waals surface area contributed by atoms with Gasteiger partial charge in [-0.05, 0) is 76.9 Å². The van der Waals surface area contributed by atoms with Crippen LogP contribution in [-0.2, 0) is 4.79 Å². The van der Waals surface area contributed by atoms with E-state index in [-0.39, 0.29) is 11.3 Å². The number of aliphatic carboxylic acids is 1. The molecule has 0 spiro atoms. The highest BCUT2D eigenvalue weighted by molar-refractivity contribution is 9.13. The number of benzene rings is 2. The van der Waals surface area contributed by atoms with Crippen molar-refractivity contribution in [1.82, 2.24) is 9.66 Å². The van der Waals surface area contributed by atoms with Crippen molar-refractivity contribution in [1.29, 1.82) is 0 Å². The first-order valence-electron chi connectivity index (χ1n) is 9.41. The largest absolute Gasteiger partial charge is 0.490 e. The first-order chi connectivity index (χ1) is 15.1. The lowest BCUT2D eigenvalue weighted by Crippen LogP contribution is -2.23. The molecule has 0 unspecified atom stereocenters. The number of fused-ring (bicyclic) bond motifs is 1. The van der Waals surface area contributed by atoms with Gasteiger partial charge in [0.15, 0.2) is 17.6 Å². The number of nitrogens with zero attached hydrogens (tertiary/aromatic N) is 3. The zero-order valence-corrected chi connectivity index (χ0v) is 22.0. The smallest absolute Gasteiger partial charge is 0.344 e. The molecule has 8 nitrogen and oxygen atoms in total. The van der Waals surface area contributed by atoms with Crippen molar-refractivity contribution >= 4 is 70.9 Å². The number of hydrogen-bond acceptors (Lipinski definition) is 6. The van der Waals surface area contributed by atoms with Crippen LogP contribution < -0.4 is 15.0 Å². The van der Waals surface area contributed by atoms with Crippen molar-refractivity contribution in [3.63, 3.8) is 0 Å². The van der Waals surface area contributed by atoms with Gasteiger partial charge in [-0.25, -0.2) is 9.78 Å². The second-order valence-corrected chi connectivity index (χ2v) is 9.14. The van der Waals surface area contributed by atoms with E-state index in [1.165, 1.54) is 17.8 Å². The van der Waals surface area contributed by atoms with Gasteiger partial charge in [0, 0.05) is 14.5 Å². The Kier molecular flexibility index (Phi) is 7.73. The van der Waals surface area contributed by atoms with E-state index in [1.54, 1.807) is 32.0 Å². The predicted molar refractivity (Wildman–Crippen MR) is 132 cm³/mol. The highest BCUT2D eigenvalue weighted by Crippen LogP contribution is 2.43. The lowest BCUT2D eigenvalue weighted by atomic mass is 10.2. The molecular formula is C21H18Br3N3O5. The van der Waals surface area contributed by atoms with E-state index >= 15 is 0 Å². The Bertz CT molecular complexity index is 1290. The maximum absolute atomic E-state index is 13.0. The average molecular weight is 632 g/mol. The number of aryl methyl sites for hydroxylation is 1. The molecule has 3 rings (SSSR count). The number of aromatic nitrogens is 2. The Morgan fingerprint density at radius 1 is 1.28 bits per heavy atom. The van der Waals surface area contributed by atoms with Gasteiger partial charge >= 0.3 is 5.97 Å². The molecule has 0 aliphatic rings. The molecule has 1 atom stereocenters. The Morgan fingerprint density at radius 3 is 2.66 bits per heavy atom. The molecule has 3 aromatic rings. The summed E-state index contributed by atoms with van der Waals surface area (Å²) in [6, 6.07) is 6.93. The van der Waals surface area contributed by atoms with Crippen molar-refractivity contribution in [3.8, 4) is 11.5 Å². The Balaban J connectivity index is 2.09. The van der Waals surface area contributed by atoms with Gasteiger partial charge in [0.05, 0.1) is 28.2 Å². The van der Waals surface area contributed by atoms with Crippen LogP contribution in [0.1, 0.15) is 25.2 Å². The van der Waals surface area contributed by atoms with Crippen LogP contribution >= 0.6 is 47.8 Å². The molecule has 2 aromatic carbocycles. The van der Waals surface area contributed by atoms with Crippen molar-refractivity contribution < 1.29 is 19.4 Å². The van der Waals surface area contributed by atoms with Gasteiger partial charge in [-0.1, -0.05) is 15.9 Å². The number of ether oxygens (including phenoxy) is 2. The molecule has 0 saturated heterocycles. The van der Waals surface area contributed by atoms with Gasteiger partial charge in [0.1, 0.15) is 5.82 Å². The molecule has 11 heteroatoms. The topological polar surface area (TPSA) is 103 Å². The summed E-state index contributed by atoms with van der Waals surface area (Å²) in [6.45, 7) is 5.26. The van der Waals surface area contributed by atoms with Crippen LogP contribution in [0.2, 0.25) is 0 Å².